The van der Waals surface area contributed by atoms with E-state index in [1.54, 1.807) is 13.0 Å². The molecule has 0 aliphatic heterocycles. The van der Waals surface area contributed by atoms with Crippen molar-refractivity contribution in [1.29, 1.82) is 0 Å². The normalized spacial score (nSPS) is 13.9. The van der Waals surface area contributed by atoms with E-state index in [9.17, 15) is 15.0 Å². The second-order valence-corrected chi connectivity index (χ2v) is 4.35. The Hall–Kier alpha value is -1.40. The van der Waals surface area contributed by atoms with E-state index < -0.39 is 12.2 Å². The van der Waals surface area contributed by atoms with Gasteiger partial charge in [-0.05, 0) is 24.1 Å². The van der Waals surface area contributed by atoms with Crippen LogP contribution in [0.5, 0.6) is 0 Å². The zero-order valence-corrected chi connectivity index (χ0v) is 9.39. The number of aryl methyl sites for hydroxylation is 1. The van der Waals surface area contributed by atoms with Gasteiger partial charge in [0.2, 0.25) is 0 Å². The lowest BCUT2D eigenvalue weighted by Crippen LogP contribution is -2.20. The molecule has 1 aromatic heterocycles. The quantitative estimate of drug-likeness (QED) is 0.353. The second kappa shape index (κ2) is 5.62. The number of nitrogens with zero attached hydrogens (tertiary/aromatic N) is 3. The van der Waals surface area contributed by atoms with Crippen LogP contribution in [0.4, 0.5) is 0 Å². The van der Waals surface area contributed by atoms with Crippen molar-refractivity contribution < 1.29 is 15.0 Å². The molecular weight excluding hydrogens is 230 g/mol. The van der Waals surface area contributed by atoms with E-state index in [2.05, 4.69) is 10.0 Å². The van der Waals surface area contributed by atoms with E-state index >= 15 is 0 Å². The highest BCUT2D eigenvalue weighted by atomic mass is 32.1. The number of hydrogen-bond acceptors (Lipinski definition) is 5. The minimum Gasteiger partial charge on any atom is -0.390 e. The van der Waals surface area contributed by atoms with Gasteiger partial charge < -0.3 is 10.2 Å². The molecule has 0 bridgehead atoms. The molecule has 6 nitrogen and oxygen atoms in total. The summed E-state index contributed by atoms with van der Waals surface area (Å²) in [6.07, 6.45) is -1.61. The second-order valence-electron chi connectivity index (χ2n) is 3.24. The molecule has 1 heterocycles. The summed E-state index contributed by atoms with van der Waals surface area (Å²) in [5.41, 5.74) is 8.82. The number of hydrogen-bond donors (Lipinski definition) is 2. The number of aliphatic hydroxyl groups excluding tert-OH is 2. The van der Waals surface area contributed by atoms with Crippen LogP contribution in [0.3, 0.4) is 0 Å². The summed E-state index contributed by atoms with van der Waals surface area (Å²) in [7, 11) is 0. The summed E-state index contributed by atoms with van der Waals surface area (Å²) in [6, 6.07) is 1.64. The summed E-state index contributed by atoms with van der Waals surface area (Å²) < 4.78 is 0. The van der Waals surface area contributed by atoms with Crippen molar-refractivity contribution in [2.45, 2.75) is 19.1 Å². The lowest BCUT2D eigenvalue weighted by Gasteiger charge is -2.15. The molecule has 2 N–H and O–H groups in total. The molecule has 86 valence electrons. The Bertz CT molecular complexity index is 426. The average Bonchev–Trinajstić information content (AvgIpc) is 2.66. The van der Waals surface area contributed by atoms with Gasteiger partial charge in [-0.1, -0.05) is 5.11 Å². The molecule has 0 aliphatic carbocycles. The van der Waals surface area contributed by atoms with Crippen LogP contribution in [0.25, 0.3) is 10.4 Å². The Kier molecular flexibility index (Phi) is 4.45. The third-order valence-electron chi connectivity index (χ3n) is 2.06. The van der Waals surface area contributed by atoms with Gasteiger partial charge in [-0.2, -0.15) is 0 Å². The van der Waals surface area contributed by atoms with Crippen LogP contribution < -0.4 is 0 Å². The Morgan fingerprint density at radius 3 is 2.88 bits per heavy atom. The summed E-state index contributed by atoms with van der Waals surface area (Å²) in [5, 5.41) is 22.5. The molecule has 7 heteroatoms. The fourth-order valence-corrected chi connectivity index (χ4v) is 2.30. The van der Waals surface area contributed by atoms with Gasteiger partial charge in [0, 0.05) is 9.79 Å². The number of thiophene rings is 1. The van der Waals surface area contributed by atoms with Crippen LogP contribution >= 0.6 is 11.3 Å². The standard InChI is InChI=1S/C9H11N3O3S/c1-5-2-6(4-13)16-9(5)8(15)7(14)3-11-12-10/h2,4,7-8,14-15H,3H2,1H3. The molecule has 0 saturated carbocycles. The highest BCUT2D eigenvalue weighted by molar-refractivity contribution is 7.13. The zero-order chi connectivity index (χ0) is 12.1. The van der Waals surface area contributed by atoms with Crippen LogP contribution in [0.1, 0.15) is 26.2 Å². The zero-order valence-electron chi connectivity index (χ0n) is 8.57. The van der Waals surface area contributed by atoms with Crippen molar-refractivity contribution in [3.8, 4) is 0 Å². The van der Waals surface area contributed by atoms with E-state index in [-0.39, 0.29) is 6.54 Å². The molecule has 0 aliphatic rings. The minimum atomic E-state index is -1.16. The van der Waals surface area contributed by atoms with Crippen LogP contribution in [0.15, 0.2) is 11.2 Å². The third-order valence-corrected chi connectivity index (χ3v) is 3.29. The molecule has 2 unspecified atom stereocenters. The summed E-state index contributed by atoms with van der Waals surface area (Å²) in [5.74, 6) is 0. The Balaban J connectivity index is 2.85. The molecule has 0 aromatic carbocycles. The first kappa shape index (κ1) is 12.7. The lowest BCUT2D eigenvalue weighted by molar-refractivity contribution is 0.0263. The molecule has 0 saturated heterocycles. The monoisotopic (exact) mass is 241 g/mol. The summed E-state index contributed by atoms with van der Waals surface area (Å²) in [4.78, 5) is 14.0. The van der Waals surface area contributed by atoms with Gasteiger partial charge in [0.15, 0.2) is 6.29 Å². The molecule has 0 spiro atoms. The molecule has 0 amide bonds. The number of aldehydes is 1. The van der Waals surface area contributed by atoms with Crippen molar-refractivity contribution in [3.63, 3.8) is 0 Å². The van der Waals surface area contributed by atoms with Crippen molar-refractivity contribution >= 4 is 17.6 Å². The minimum absolute atomic E-state index is 0.203. The largest absolute Gasteiger partial charge is 0.390 e. The molecular formula is C9H11N3O3S. The van der Waals surface area contributed by atoms with Crippen LogP contribution in [0, 0.1) is 6.92 Å². The van der Waals surface area contributed by atoms with Crippen LogP contribution in [-0.2, 0) is 0 Å². The first-order valence-corrected chi connectivity index (χ1v) is 5.34. The first-order chi connectivity index (χ1) is 7.60. The predicted octanol–water partition coefficient (Wildman–Crippen LogP) is 1.57. The van der Waals surface area contributed by atoms with Gasteiger partial charge >= 0.3 is 0 Å². The van der Waals surface area contributed by atoms with E-state index in [4.69, 9.17) is 5.53 Å². The average molecular weight is 241 g/mol. The molecule has 2 atom stereocenters. The highest BCUT2D eigenvalue weighted by Crippen LogP contribution is 2.29. The van der Waals surface area contributed by atoms with Crippen molar-refractivity contribution in [3.05, 3.63) is 31.8 Å². The Morgan fingerprint density at radius 2 is 2.38 bits per heavy atom. The third kappa shape index (κ3) is 2.80. The van der Waals surface area contributed by atoms with Crippen LogP contribution in [0.2, 0.25) is 0 Å². The number of carbonyl (C=O) groups is 1. The smallest absolute Gasteiger partial charge is 0.160 e. The maximum absolute atomic E-state index is 10.5. The van der Waals surface area contributed by atoms with E-state index in [0.717, 1.165) is 16.9 Å². The van der Waals surface area contributed by atoms with Crippen LogP contribution in [-0.4, -0.2) is 29.1 Å². The molecule has 0 fully saturated rings. The van der Waals surface area contributed by atoms with E-state index in [1.165, 1.54) is 0 Å². The highest BCUT2D eigenvalue weighted by Gasteiger charge is 2.21. The van der Waals surface area contributed by atoms with Gasteiger partial charge in [0.1, 0.15) is 6.10 Å². The topological polar surface area (TPSA) is 106 Å². The Morgan fingerprint density at radius 1 is 1.69 bits per heavy atom. The maximum atomic E-state index is 10.5. The summed E-state index contributed by atoms with van der Waals surface area (Å²) >= 11 is 1.12. The number of azide groups is 1. The van der Waals surface area contributed by atoms with Gasteiger partial charge in [0.25, 0.3) is 0 Å². The fourth-order valence-electron chi connectivity index (χ4n) is 1.27. The fraction of sp³-hybridized carbons (Fsp3) is 0.444. The number of carbonyl (C=O) groups excluding carboxylic acids is 1. The van der Waals surface area contributed by atoms with E-state index in [0.29, 0.717) is 16.0 Å². The molecule has 16 heavy (non-hydrogen) atoms. The van der Waals surface area contributed by atoms with Crippen molar-refractivity contribution in [1.82, 2.24) is 0 Å². The summed E-state index contributed by atoms with van der Waals surface area (Å²) in [6.45, 7) is 1.54. The maximum Gasteiger partial charge on any atom is 0.160 e. The molecule has 1 aromatic rings. The van der Waals surface area contributed by atoms with Crippen molar-refractivity contribution in [2.24, 2.45) is 5.11 Å². The van der Waals surface area contributed by atoms with Gasteiger partial charge in [-0.25, -0.2) is 0 Å². The number of aliphatic hydroxyl groups is 2. The van der Waals surface area contributed by atoms with E-state index in [1.807, 2.05) is 0 Å². The number of rotatable bonds is 5. The van der Waals surface area contributed by atoms with Gasteiger partial charge in [0.05, 0.1) is 17.5 Å². The molecule has 0 radical (unpaired) electrons. The SMILES string of the molecule is Cc1cc(C=O)sc1C(O)C(O)CN=[N+]=[N-]. The van der Waals surface area contributed by atoms with Crippen molar-refractivity contribution in [2.75, 3.05) is 6.54 Å². The predicted molar refractivity (Wildman–Crippen MR) is 59.4 cm³/mol. The van der Waals surface area contributed by atoms with Gasteiger partial charge in [-0.3, -0.25) is 4.79 Å². The molecule has 1 rings (SSSR count). The Labute approximate surface area is 95.8 Å². The lowest BCUT2D eigenvalue weighted by atomic mass is 10.1. The van der Waals surface area contributed by atoms with Gasteiger partial charge in [-0.15, -0.1) is 11.3 Å². The first-order valence-electron chi connectivity index (χ1n) is 4.52.